The number of amides is 1. The molecule has 9 N–H and O–H groups in total. The number of aromatic hydroxyl groups is 1. The number of aliphatic hydroxyl groups is 1. The van der Waals surface area contributed by atoms with Gasteiger partial charge in [0.2, 0.25) is 11.8 Å². The molecule has 2 atom stereocenters. The van der Waals surface area contributed by atoms with Crippen LogP contribution in [0.5, 0.6) is 5.88 Å². The normalized spacial score (nSPS) is 12.6. The Hall–Kier alpha value is -3.93. The number of nitrogen functional groups attached to an aromatic ring is 2. The molecule has 1 aromatic heterocycles. The van der Waals surface area contributed by atoms with Crippen molar-refractivity contribution in [2.45, 2.75) is 44.1 Å². The third-order valence-electron chi connectivity index (χ3n) is 5.13. The number of aliphatic carboxylic acids is 2. The fourth-order valence-corrected chi connectivity index (χ4v) is 3.31. The van der Waals surface area contributed by atoms with Crippen LogP contribution >= 0.6 is 0 Å². The molecular formula is C21H27N5O7. The van der Waals surface area contributed by atoms with Crippen LogP contribution in [0.15, 0.2) is 24.3 Å². The van der Waals surface area contributed by atoms with Crippen LogP contribution in [-0.4, -0.2) is 60.9 Å². The number of nitrogens with two attached hydrogens (primary N) is 2. The van der Waals surface area contributed by atoms with Crippen molar-refractivity contribution in [1.82, 2.24) is 15.3 Å². The number of carbonyl (C=O) groups is 3. The second kappa shape index (κ2) is 11.6. The number of carboxylic acids is 2. The van der Waals surface area contributed by atoms with Gasteiger partial charge in [0, 0.05) is 24.5 Å². The van der Waals surface area contributed by atoms with Gasteiger partial charge in [0.1, 0.15) is 11.9 Å². The molecule has 0 spiro atoms. The topological polar surface area (TPSA) is 222 Å². The zero-order valence-corrected chi connectivity index (χ0v) is 17.8. The van der Waals surface area contributed by atoms with Crippen LogP contribution in [0.2, 0.25) is 0 Å². The first-order valence-corrected chi connectivity index (χ1v) is 10.2. The van der Waals surface area contributed by atoms with Gasteiger partial charge in [-0.05, 0) is 43.4 Å². The average Bonchev–Trinajstić information content (AvgIpc) is 2.75. The third-order valence-corrected chi connectivity index (χ3v) is 5.13. The van der Waals surface area contributed by atoms with Gasteiger partial charge in [-0.2, -0.15) is 9.97 Å². The summed E-state index contributed by atoms with van der Waals surface area (Å²) in [5, 5.41) is 39.9. The van der Waals surface area contributed by atoms with Crippen molar-refractivity contribution < 1.29 is 34.8 Å². The van der Waals surface area contributed by atoms with E-state index in [9.17, 15) is 29.7 Å². The van der Waals surface area contributed by atoms with E-state index in [4.69, 9.17) is 16.6 Å². The molecule has 1 aromatic carbocycles. The number of aromatic nitrogens is 2. The SMILES string of the molecule is Nc1nc(N)c(CCCC(CO)c2ccc(C(=O)N[C@H](CCC(=O)O)C(=O)O)cc2)c(O)n1. The van der Waals surface area contributed by atoms with Crippen molar-refractivity contribution in [2.75, 3.05) is 18.1 Å². The molecule has 0 radical (unpaired) electrons. The molecule has 0 aliphatic heterocycles. The van der Waals surface area contributed by atoms with E-state index in [-0.39, 0.29) is 48.6 Å². The molecule has 1 heterocycles. The molecule has 12 heteroatoms. The minimum absolute atomic E-state index is 0.0962. The maximum Gasteiger partial charge on any atom is 0.326 e. The Morgan fingerprint density at radius 2 is 1.70 bits per heavy atom. The van der Waals surface area contributed by atoms with E-state index >= 15 is 0 Å². The lowest BCUT2D eigenvalue weighted by Crippen LogP contribution is -2.41. The van der Waals surface area contributed by atoms with Gasteiger partial charge in [-0.3, -0.25) is 9.59 Å². The maximum atomic E-state index is 12.3. The van der Waals surface area contributed by atoms with Gasteiger partial charge >= 0.3 is 11.9 Å². The first-order chi connectivity index (χ1) is 15.6. The minimum Gasteiger partial charge on any atom is -0.493 e. The highest BCUT2D eigenvalue weighted by molar-refractivity contribution is 5.96. The zero-order valence-electron chi connectivity index (χ0n) is 17.8. The number of aliphatic hydroxyl groups excluding tert-OH is 1. The van der Waals surface area contributed by atoms with E-state index in [0.29, 0.717) is 24.8 Å². The van der Waals surface area contributed by atoms with E-state index in [1.165, 1.54) is 12.1 Å². The van der Waals surface area contributed by atoms with Gasteiger partial charge in [0.15, 0.2) is 0 Å². The van der Waals surface area contributed by atoms with Crippen LogP contribution in [0.3, 0.4) is 0 Å². The molecule has 1 unspecified atom stereocenters. The van der Waals surface area contributed by atoms with Crippen molar-refractivity contribution in [3.63, 3.8) is 0 Å². The largest absolute Gasteiger partial charge is 0.493 e. The zero-order chi connectivity index (χ0) is 24.5. The summed E-state index contributed by atoms with van der Waals surface area (Å²) in [5.41, 5.74) is 12.5. The molecule has 1 amide bonds. The number of anilines is 2. The summed E-state index contributed by atoms with van der Waals surface area (Å²) < 4.78 is 0. The molecular weight excluding hydrogens is 434 g/mol. The monoisotopic (exact) mass is 461 g/mol. The highest BCUT2D eigenvalue weighted by Gasteiger charge is 2.22. The molecule has 0 bridgehead atoms. The lowest BCUT2D eigenvalue weighted by atomic mass is 9.92. The van der Waals surface area contributed by atoms with Crippen LogP contribution in [0.25, 0.3) is 0 Å². The summed E-state index contributed by atoms with van der Waals surface area (Å²) >= 11 is 0. The summed E-state index contributed by atoms with van der Waals surface area (Å²) in [6, 6.07) is 4.99. The molecule has 0 saturated heterocycles. The summed E-state index contributed by atoms with van der Waals surface area (Å²) in [5.74, 6) is -3.67. The van der Waals surface area contributed by atoms with Gasteiger partial charge in [-0.1, -0.05) is 12.1 Å². The lowest BCUT2D eigenvalue weighted by Gasteiger charge is -2.16. The second-order valence-electron chi connectivity index (χ2n) is 7.46. The van der Waals surface area contributed by atoms with Crippen molar-refractivity contribution >= 4 is 29.6 Å². The van der Waals surface area contributed by atoms with Crippen molar-refractivity contribution in [1.29, 1.82) is 0 Å². The molecule has 0 fully saturated rings. The van der Waals surface area contributed by atoms with E-state index in [2.05, 4.69) is 15.3 Å². The number of hydrogen-bond acceptors (Lipinski definition) is 9. The number of carbonyl (C=O) groups excluding carboxylic acids is 1. The summed E-state index contributed by atoms with van der Waals surface area (Å²) in [6.45, 7) is -0.151. The first kappa shape index (κ1) is 25.3. The Balaban J connectivity index is 1.98. The minimum atomic E-state index is -1.32. The molecule has 0 saturated carbocycles. The van der Waals surface area contributed by atoms with Crippen LogP contribution in [0.4, 0.5) is 11.8 Å². The van der Waals surface area contributed by atoms with E-state index < -0.39 is 23.9 Å². The summed E-state index contributed by atoms with van der Waals surface area (Å²) in [4.78, 5) is 41.7. The molecule has 2 rings (SSSR count). The Morgan fingerprint density at radius 3 is 2.24 bits per heavy atom. The number of rotatable bonds is 12. The number of carboxylic acid groups (broad SMARTS) is 2. The highest BCUT2D eigenvalue weighted by Crippen LogP contribution is 2.26. The number of benzene rings is 1. The molecule has 178 valence electrons. The van der Waals surface area contributed by atoms with Gasteiger partial charge in [0.25, 0.3) is 5.91 Å². The van der Waals surface area contributed by atoms with E-state index in [1.54, 1.807) is 12.1 Å². The maximum absolute atomic E-state index is 12.3. The molecule has 33 heavy (non-hydrogen) atoms. The quantitative estimate of drug-likeness (QED) is 0.230. The van der Waals surface area contributed by atoms with Gasteiger partial charge in [-0.15, -0.1) is 0 Å². The molecule has 0 aliphatic carbocycles. The molecule has 12 nitrogen and oxygen atoms in total. The van der Waals surface area contributed by atoms with Gasteiger partial charge in [0.05, 0.1) is 5.56 Å². The van der Waals surface area contributed by atoms with Crippen molar-refractivity contribution in [3.05, 3.63) is 41.0 Å². The Morgan fingerprint density at radius 1 is 1.03 bits per heavy atom. The smallest absolute Gasteiger partial charge is 0.326 e. The highest BCUT2D eigenvalue weighted by atomic mass is 16.4. The van der Waals surface area contributed by atoms with Gasteiger partial charge in [-0.25, -0.2) is 4.79 Å². The molecule has 2 aromatic rings. The van der Waals surface area contributed by atoms with E-state index in [1.807, 2.05) is 0 Å². The first-order valence-electron chi connectivity index (χ1n) is 10.2. The van der Waals surface area contributed by atoms with Crippen LogP contribution in [0.1, 0.15) is 53.1 Å². The van der Waals surface area contributed by atoms with E-state index in [0.717, 1.165) is 5.56 Å². The number of hydrogen-bond donors (Lipinski definition) is 7. The predicted octanol–water partition coefficient (Wildman–Crippen LogP) is 0.493. The fraction of sp³-hybridized carbons (Fsp3) is 0.381. The fourth-order valence-electron chi connectivity index (χ4n) is 3.31. The number of nitrogens with one attached hydrogen (secondary N) is 1. The van der Waals surface area contributed by atoms with Gasteiger partial charge < -0.3 is 37.2 Å². The Kier molecular flexibility index (Phi) is 8.92. The average molecular weight is 461 g/mol. The second-order valence-corrected chi connectivity index (χ2v) is 7.46. The Bertz CT molecular complexity index is 974. The lowest BCUT2D eigenvalue weighted by molar-refractivity contribution is -0.140. The summed E-state index contributed by atoms with van der Waals surface area (Å²) in [6.07, 6.45) is 0.853. The van der Waals surface area contributed by atoms with Crippen molar-refractivity contribution in [3.8, 4) is 5.88 Å². The standard InChI is InChI=1S/C21H27N5O7/c22-17-14(19(31)26-21(23)25-17)3-1-2-13(10-27)11-4-6-12(7-5-11)18(30)24-15(20(32)33)8-9-16(28)29/h4-7,13,15,27H,1-3,8-10H2,(H,24,30)(H,28,29)(H,32,33)(H5,22,23,25,26,31)/t13?,15-/m1/s1. The summed E-state index contributed by atoms with van der Waals surface area (Å²) in [7, 11) is 0. The predicted molar refractivity (Wildman–Crippen MR) is 117 cm³/mol. The van der Waals surface area contributed by atoms with Crippen LogP contribution in [0, 0.1) is 0 Å². The third kappa shape index (κ3) is 7.31. The number of nitrogens with zero attached hydrogens (tertiary/aromatic N) is 2. The molecule has 0 aliphatic rings. The van der Waals surface area contributed by atoms with Crippen LogP contribution in [-0.2, 0) is 16.0 Å². The van der Waals surface area contributed by atoms with Crippen molar-refractivity contribution in [2.24, 2.45) is 0 Å². The Labute approximate surface area is 189 Å². The van der Waals surface area contributed by atoms with Crippen LogP contribution < -0.4 is 16.8 Å².